The van der Waals surface area contributed by atoms with E-state index in [-0.39, 0.29) is 5.95 Å². The van der Waals surface area contributed by atoms with Crippen molar-refractivity contribution in [3.63, 3.8) is 0 Å². The number of likely N-dealkylation sites (N-methyl/N-ethyl adjacent to an activating group) is 1. The molecule has 1 aromatic carbocycles. The Morgan fingerprint density at radius 1 is 1.50 bits per heavy atom. The molecule has 1 heterocycles. The van der Waals surface area contributed by atoms with E-state index in [0.29, 0.717) is 18.9 Å². The molecule has 0 aliphatic heterocycles. The van der Waals surface area contributed by atoms with Crippen LogP contribution in [-0.2, 0) is 0 Å². The summed E-state index contributed by atoms with van der Waals surface area (Å²) in [6.45, 7) is 0.779. The molecule has 0 unspecified atom stereocenters. The Balaban J connectivity index is 2.19. The lowest BCUT2D eigenvalue weighted by Gasteiger charge is -2.14. The molecule has 1 amide bonds. The average Bonchev–Trinajstić information content (AvgIpc) is 2.37. The summed E-state index contributed by atoms with van der Waals surface area (Å²) >= 11 is 3.38. The molecular weight excluding hydrogens is 326 g/mol. The molecule has 8 heteroatoms. The molecule has 1 aromatic heterocycles. The second kappa shape index (κ2) is 5.91. The second-order valence-corrected chi connectivity index (χ2v) is 5.14. The van der Waals surface area contributed by atoms with E-state index in [1.807, 2.05) is 18.2 Å². The zero-order valence-corrected chi connectivity index (χ0v) is 12.4. The van der Waals surface area contributed by atoms with E-state index < -0.39 is 6.09 Å². The number of nitrogens with two attached hydrogens (primary N) is 1. The fraction of sp³-hybridized carbons (Fsp3) is 0.250. The highest BCUT2D eigenvalue weighted by Crippen LogP contribution is 2.24. The number of carbonyl (C=O) groups is 1. The van der Waals surface area contributed by atoms with Gasteiger partial charge in [-0.2, -0.15) is 4.98 Å². The van der Waals surface area contributed by atoms with Gasteiger partial charge in [-0.15, -0.1) is 0 Å². The van der Waals surface area contributed by atoms with Gasteiger partial charge in [-0.3, -0.25) is 0 Å². The smallest absolute Gasteiger partial charge is 0.407 e. The first-order chi connectivity index (χ1) is 9.47. The molecule has 0 atom stereocenters. The molecule has 2 rings (SSSR count). The molecule has 0 aliphatic carbocycles. The molecule has 0 saturated carbocycles. The molecule has 20 heavy (non-hydrogen) atoms. The lowest BCUT2D eigenvalue weighted by Crippen LogP contribution is -2.30. The van der Waals surface area contributed by atoms with Crippen LogP contribution in [0.4, 0.5) is 16.6 Å². The van der Waals surface area contributed by atoms with E-state index in [4.69, 9.17) is 10.8 Å². The zero-order valence-electron chi connectivity index (χ0n) is 10.8. The van der Waals surface area contributed by atoms with Gasteiger partial charge in [0.05, 0.1) is 5.52 Å². The normalized spacial score (nSPS) is 10.5. The van der Waals surface area contributed by atoms with Gasteiger partial charge < -0.3 is 21.1 Å². The third-order valence-corrected chi connectivity index (χ3v) is 3.24. The fourth-order valence-electron chi connectivity index (χ4n) is 1.69. The van der Waals surface area contributed by atoms with Gasteiger partial charge in [0.2, 0.25) is 5.95 Å². The van der Waals surface area contributed by atoms with Gasteiger partial charge in [-0.1, -0.05) is 15.9 Å². The number of amides is 1. The van der Waals surface area contributed by atoms with Crippen molar-refractivity contribution >= 4 is 44.7 Å². The molecule has 7 nitrogen and oxygen atoms in total. The van der Waals surface area contributed by atoms with Crippen molar-refractivity contribution in [1.82, 2.24) is 14.9 Å². The average molecular weight is 340 g/mol. The number of benzene rings is 1. The SMILES string of the molecule is CN(CCNc1nc(N)nc2cc(Br)ccc12)C(=O)O. The Kier molecular flexibility index (Phi) is 4.23. The topological polar surface area (TPSA) is 104 Å². The van der Waals surface area contributed by atoms with Gasteiger partial charge in [0.1, 0.15) is 5.82 Å². The van der Waals surface area contributed by atoms with Gasteiger partial charge in [-0.25, -0.2) is 9.78 Å². The predicted molar refractivity (Wildman–Crippen MR) is 80.8 cm³/mol. The van der Waals surface area contributed by atoms with Crippen LogP contribution < -0.4 is 11.1 Å². The number of fused-ring (bicyclic) bond motifs is 1. The van der Waals surface area contributed by atoms with Crippen LogP contribution >= 0.6 is 15.9 Å². The summed E-state index contributed by atoms with van der Waals surface area (Å²) in [4.78, 5) is 20.2. The minimum absolute atomic E-state index is 0.171. The van der Waals surface area contributed by atoms with Gasteiger partial charge in [-0.05, 0) is 18.2 Å². The van der Waals surface area contributed by atoms with Crippen LogP contribution in [0.1, 0.15) is 0 Å². The minimum atomic E-state index is -0.970. The van der Waals surface area contributed by atoms with Crippen LogP contribution in [0.3, 0.4) is 0 Å². The maximum absolute atomic E-state index is 10.7. The lowest BCUT2D eigenvalue weighted by atomic mass is 10.2. The number of anilines is 2. The monoisotopic (exact) mass is 339 g/mol. The number of aromatic nitrogens is 2. The molecule has 2 aromatic rings. The van der Waals surface area contributed by atoms with E-state index in [9.17, 15) is 4.79 Å². The van der Waals surface area contributed by atoms with E-state index in [1.165, 1.54) is 11.9 Å². The highest BCUT2D eigenvalue weighted by molar-refractivity contribution is 9.10. The molecule has 0 saturated heterocycles. The maximum atomic E-state index is 10.7. The third-order valence-electron chi connectivity index (χ3n) is 2.74. The summed E-state index contributed by atoms with van der Waals surface area (Å²) in [5.41, 5.74) is 6.40. The minimum Gasteiger partial charge on any atom is -0.465 e. The summed E-state index contributed by atoms with van der Waals surface area (Å²) in [6.07, 6.45) is -0.970. The number of hydrogen-bond donors (Lipinski definition) is 3. The predicted octanol–water partition coefficient (Wildman–Crippen LogP) is 2.00. The highest BCUT2D eigenvalue weighted by atomic mass is 79.9. The maximum Gasteiger partial charge on any atom is 0.407 e. The Labute approximate surface area is 123 Å². The number of carboxylic acid groups (broad SMARTS) is 1. The molecule has 0 fully saturated rings. The van der Waals surface area contributed by atoms with Gasteiger partial charge in [0.15, 0.2) is 0 Å². The number of halogens is 1. The van der Waals surface area contributed by atoms with Crippen LogP contribution in [0.15, 0.2) is 22.7 Å². The molecule has 0 radical (unpaired) electrons. The van der Waals surface area contributed by atoms with Crippen LogP contribution in [-0.4, -0.2) is 46.2 Å². The molecule has 106 valence electrons. The zero-order chi connectivity index (χ0) is 14.7. The first-order valence-corrected chi connectivity index (χ1v) is 6.67. The number of rotatable bonds is 4. The number of nitrogen functional groups attached to an aromatic ring is 1. The number of nitrogens with zero attached hydrogens (tertiary/aromatic N) is 3. The molecular formula is C12H14BrN5O2. The largest absolute Gasteiger partial charge is 0.465 e. The Morgan fingerprint density at radius 2 is 2.25 bits per heavy atom. The van der Waals surface area contributed by atoms with Crippen LogP contribution in [0, 0.1) is 0 Å². The first kappa shape index (κ1) is 14.3. The third kappa shape index (κ3) is 3.27. The van der Waals surface area contributed by atoms with Crippen LogP contribution in [0.25, 0.3) is 10.9 Å². The van der Waals surface area contributed by atoms with Crippen molar-refractivity contribution < 1.29 is 9.90 Å². The van der Waals surface area contributed by atoms with E-state index in [0.717, 1.165) is 15.4 Å². The molecule has 0 aliphatic rings. The van der Waals surface area contributed by atoms with Gasteiger partial charge in [0, 0.05) is 30.0 Å². The molecule has 4 N–H and O–H groups in total. The fourth-order valence-corrected chi connectivity index (χ4v) is 2.04. The van der Waals surface area contributed by atoms with E-state index >= 15 is 0 Å². The Hall–Kier alpha value is -2.09. The summed E-state index contributed by atoms with van der Waals surface area (Å²) in [5, 5.41) is 12.7. The lowest BCUT2D eigenvalue weighted by molar-refractivity contribution is 0.157. The summed E-state index contributed by atoms with van der Waals surface area (Å²) in [6, 6.07) is 5.61. The van der Waals surface area contributed by atoms with Gasteiger partial charge >= 0.3 is 6.09 Å². The van der Waals surface area contributed by atoms with Crippen LogP contribution in [0.5, 0.6) is 0 Å². The summed E-state index contributed by atoms with van der Waals surface area (Å²) in [5.74, 6) is 0.767. The van der Waals surface area contributed by atoms with Crippen molar-refractivity contribution in [2.75, 3.05) is 31.2 Å². The van der Waals surface area contributed by atoms with Gasteiger partial charge in [0.25, 0.3) is 0 Å². The Morgan fingerprint density at radius 3 is 2.95 bits per heavy atom. The van der Waals surface area contributed by atoms with Crippen molar-refractivity contribution in [2.24, 2.45) is 0 Å². The second-order valence-electron chi connectivity index (χ2n) is 4.22. The first-order valence-electron chi connectivity index (χ1n) is 5.88. The Bertz CT molecular complexity index is 644. The standard InChI is InChI=1S/C12H14BrN5O2/c1-18(12(19)20)5-4-15-10-8-3-2-7(13)6-9(8)16-11(14)17-10/h2-3,6H,4-5H2,1H3,(H,19,20)(H3,14,15,16,17). The number of nitrogens with one attached hydrogen (secondary N) is 1. The van der Waals surface area contributed by atoms with Crippen molar-refractivity contribution in [1.29, 1.82) is 0 Å². The van der Waals surface area contributed by atoms with Crippen molar-refractivity contribution in [3.05, 3.63) is 22.7 Å². The van der Waals surface area contributed by atoms with Crippen molar-refractivity contribution in [3.8, 4) is 0 Å². The summed E-state index contributed by atoms with van der Waals surface area (Å²) < 4.78 is 0.902. The van der Waals surface area contributed by atoms with E-state index in [1.54, 1.807) is 0 Å². The van der Waals surface area contributed by atoms with Crippen molar-refractivity contribution in [2.45, 2.75) is 0 Å². The molecule has 0 bridgehead atoms. The van der Waals surface area contributed by atoms with Crippen LogP contribution in [0.2, 0.25) is 0 Å². The quantitative estimate of drug-likeness (QED) is 0.786. The summed E-state index contributed by atoms with van der Waals surface area (Å²) in [7, 11) is 1.51. The molecule has 0 spiro atoms. The number of hydrogen-bond acceptors (Lipinski definition) is 5. The van der Waals surface area contributed by atoms with E-state index in [2.05, 4.69) is 31.2 Å². The highest BCUT2D eigenvalue weighted by Gasteiger charge is 2.08.